The van der Waals surface area contributed by atoms with E-state index in [0.29, 0.717) is 31.9 Å². The summed E-state index contributed by atoms with van der Waals surface area (Å²) >= 11 is 0. The van der Waals surface area contributed by atoms with E-state index in [0.717, 1.165) is 0 Å². The number of nitrogens with one attached hydrogen (secondary N) is 1. The van der Waals surface area contributed by atoms with Gasteiger partial charge in [-0.05, 0) is 5.56 Å². The molecule has 7 heteroatoms. The van der Waals surface area contributed by atoms with E-state index in [1.54, 1.807) is 24.3 Å². The maximum atomic E-state index is 12.0. The molecule has 0 bridgehead atoms. The van der Waals surface area contributed by atoms with Gasteiger partial charge < -0.3 is 9.84 Å². The van der Waals surface area contributed by atoms with Crippen molar-refractivity contribution in [3.05, 3.63) is 35.9 Å². The molecule has 1 unspecified atom stereocenters. The van der Waals surface area contributed by atoms with Crippen LogP contribution < -0.4 is 4.72 Å². The number of morpholine rings is 1. The lowest BCUT2D eigenvalue weighted by molar-refractivity contribution is 0.0722. The molecular formula is C12H18N2O4S. The van der Waals surface area contributed by atoms with E-state index >= 15 is 0 Å². The second-order valence-corrected chi connectivity index (χ2v) is 6.05. The number of benzene rings is 1. The van der Waals surface area contributed by atoms with Gasteiger partial charge in [0.15, 0.2) is 0 Å². The molecule has 1 heterocycles. The highest BCUT2D eigenvalue weighted by Gasteiger charge is 2.24. The van der Waals surface area contributed by atoms with Crippen molar-refractivity contribution < 1.29 is 18.3 Å². The molecule has 0 aliphatic carbocycles. The number of nitrogens with zero attached hydrogens (tertiary/aromatic N) is 1. The molecule has 2 N–H and O–H groups in total. The predicted molar refractivity (Wildman–Crippen MR) is 70.7 cm³/mol. The lowest BCUT2D eigenvalue weighted by atomic mass is 10.1. The molecule has 1 aliphatic rings. The molecule has 1 aromatic carbocycles. The van der Waals surface area contributed by atoms with Crippen LogP contribution >= 0.6 is 0 Å². The largest absolute Gasteiger partial charge is 0.387 e. The molecule has 0 saturated carbocycles. The van der Waals surface area contributed by atoms with Crippen LogP contribution in [-0.2, 0) is 14.9 Å². The Labute approximate surface area is 113 Å². The van der Waals surface area contributed by atoms with E-state index in [1.165, 1.54) is 4.31 Å². The molecule has 1 aliphatic heterocycles. The lowest BCUT2D eigenvalue weighted by Gasteiger charge is -2.26. The summed E-state index contributed by atoms with van der Waals surface area (Å²) in [6, 6.07) is 8.96. The molecule has 1 saturated heterocycles. The number of aliphatic hydroxyl groups excluding tert-OH is 1. The highest BCUT2D eigenvalue weighted by Crippen LogP contribution is 2.11. The quantitative estimate of drug-likeness (QED) is 0.791. The topological polar surface area (TPSA) is 78.9 Å². The average molecular weight is 286 g/mol. The highest BCUT2D eigenvalue weighted by atomic mass is 32.2. The van der Waals surface area contributed by atoms with Crippen molar-refractivity contribution >= 4 is 10.2 Å². The molecule has 0 spiro atoms. The van der Waals surface area contributed by atoms with Crippen molar-refractivity contribution in [1.82, 2.24) is 9.03 Å². The Hall–Kier alpha value is -0.990. The minimum atomic E-state index is -3.54. The molecule has 19 heavy (non-hydrogen) atoms. The van der Waals surface area contributed by atoms with Gasteiger partial charge >= 0.3 is 0 Å². The summed E-state index contributed by atoms with van der Waals surface area (Å²) in [6.07, 6.45) is -0.850. The molecule has 1 aromatic rings. The summed E-state index contributed by atoms with van der Waals surface area (Å²) in [5.41, 5.74) is 0.687. The van der Waals surface area contributed by atoms with Crippen LogP contribution in [0.15, 0.2) is 30.3 Å². The van der Waals surface area contributed by atoms with Crippen molar-refractivity contribution in [3.8, 4) is 0 Å². The Bertz CT molecular complexity index is 486. The smallest absolute Gasteiger partial charge is 0.279 e. The highest BCUT2D eigenvalue weighted by molar-refractivity contribution is 7.87. The summed E-state index contributed by atoms with van der Waals surface area (Å²) < 4.78 is 32.8. The van der Waals surface area contributed by atoms with Crippen LogP contribution in [0, 0.1) is 0 Å². The van der Waals surface area contributed by atoms with E-state index in [2.05, 4.69) is 4.72 Å². The first-order chi connectivity index (χ1) is 9.09. The number of hydrogen-bond donors (Lipinski definition) is 2. The van der Waals surface area contributed by atoms with Crippen molar-refractivity contribution in [3.63, 3.8) is 0 Å². The molecule has 0 radical (unpaired) electrons. The van der Waals surface area contributed by atoms with Crippen LogP contribution in [-0.4, -0.2) is 50.7 Å². The van der Waals surface area contributed by atoms with Crippen molar-refractivity contribution in [2.75, 3.05) is 32.8 Å². The maximum absolute atomic E-state index is 12.0. The van der Waals surface area contributed by atoms with Crippen LogP contribution in [0.4, 0.5) is 0 Å². The number of ether oxygens (including phenoxy) is 1. The Morgan fingerprint density at radius 2 is 1.89 bits per heavy atom. The third-order valence-electron chi connectivity index (χ3n) is 2.95. The van der Waals surface area contributed by atoms with Gasteiger partial charge in [0.05, 0.1) is 19.3 Å². The van der Waals surface area contributed by atoms with Gasteiger partial charge in [-0.1, -0.05) is 30.3 Å². The van der Waals surface area contributed by atoms with Crippen molar-refractivity contribution in [1.29, 1.82) is 0 Å². The minimum Gasteiger partial charge on any atom is -0.387 e. The third-order valence-corrected chi connectivity index (χ3v) is 4.53. The van der Waals surface area contributed by atoms with Gasteiger partial charge in [0, 0.05) is 19.6 Å². The average Bonchev–Trinajstić information content (AvgIpc) is 2.47. The van der Waals surface area contributed by atoms with Gasteiger partial charge in [0.25, 0.3) is 10.2 Å². The second kappa shape index (κ2) is 6.44. The summed E-state index contributed by atoms with van der Waals surface area (Å²) in [4.78, 5) is 0. The zero-order valence-corrected chi connectivity index (χ0v) is 11.3. The van der Waals surface area contributed by atoms with E-state index in [4.69, 9.17) is 4.74 Å². The molecule has 1 atom stereocenters. The fourth-order valence-electron chi connectivity index (χ4n) is 1.86. The normalized spacial score (nSPS) is 19.2. The van der Waals surface area contributed by atoms with Crippen LogP contribution in [0.25, 0.3) is 0 Å². The second-order valence-electron chi connectivity index (χ2n) is 4.29. The summed E-state index contributed by atoms with van der Waals surface area (Å²) in [6.45, 7) is 1.46. The fourth-order valence-corrected chi connectivity index (χ4v) is 3.04. The Kier molecular flexibility index (Phi) is 4.89. The van der Waals surface area contributed by atoms with E-state index in [9.17, 15) is 13.5 Å². The number of aliphatic hydroxyl groups is 1. The molecule has 106 valence electrons. The van der Waals surface area contributed by atoms with E-state index < -0.39 is 16.3 Å². The molecule has 1 fully saturated rings. The Morgan fingerprint density at radius 3 is 2.53 bits per heavy atom. The van der Waals surface area contributed by atoms with Crippen LogP contribution in [0.3, 0.4) is 0 Å². The maximum Gasteiger partial charge on any atom is 0.279 e. The lowest BCUT2D eigenvalue weighted by Crippen LogP contribution is -2.47. The first kappa shape index (κ1) is 14.4. The predicted octanol–water partition coefficient (Wildman–Crippen LogP) is -0.113. The van der Waals surface area contributed by atoms with Crippen molar-refractivity contribution in [2.24, 2.45) is 0 Å². The van der Waals surface area contributed by atoms with Crippen LogP contribution in [0.5, 0.6) is 0 Å². The van der Waals surface area contributed by atoms with Crippen LogP contribution in [0.2, 0.25) is 0 Å². The van der Waals surface area contributed by atoms with E-state index in [-0.39, 0.29) is 6.54 Å². The standard InChI is InChI=1S/C12H18N2O4S/c15-12(11-4-2-1-3-5-11)10-13-19(16,17)14-6-8-18-9-7-14/h1-5,12-13,15H,6-10H2. The fraction of sp³-hybridized carbons (Fsp3) is 0.500. The first-order valence-electron chi connectivity index (χ1n) is 6.15. The van der Waals surface area contributed by atoms with Gasteiger partial charge in [-0.25, -0.2) is 0 Å². The first-order valence-corrected chi connectivity index (χ1v) is 7.59. The molecular weight excluding hydrogens is 268 g/mol. The Balaban J connectivity index is 1.90. The van der Waals surface area contributed by atoms with Gasteiger partial charge in [0.2, 0.25) is 0 Å². The molecule has 6 nitrogen and oxygen atoms in total. The van der Waals surface area contributed by atoms with Crippen molar-refractivity contribution in [2.45, 2.75) is 6.10 Å². The molecule has 2 rings (SSSR count). The summed E-state index contributed by atoms with van der Waals surface area (Å²) in [5.74, 6) is 0. The monoisotopic (exact) mass is 286 g/mol. The zero-order chi connectivity index (χ0) is 13.7. The molecule has 0 aromatic heterocycles. The van der Waals surface area contributed by atoms with Crippen LogP contribution in [0.1, 0.15) is 11.7 Å². The zero-order valence-electron chi connectivity index (χ0n) is 10.5. The van der Waals surface area contributed by atoms with Gasteiger partial charge in [-0.3, -0.25) is 0 Å². The van der Waals surface area contributed by atoms with E-state index in [1.807, 2.05) is 6.07 Å². The van der Waals surface area contributed by atoms with Gasteiger partial charge in [0.1, 0.15) is 0 Å². The minimum absolute atomic E-state index is 0.0380. The van der Waals surface area contributed by atoms with Gasteiger partial charge in [-0.2, -0.15) is 17.4 Å². The molecule has 0 amide bonds. The number of rotatable bonds is 5. The Morgan fingerprint density at radius 1 is 1.26 bits per heavy atom. The third kappa shape index (κ3) is 3.99. The number of hydrogen-bond acceptors (Lipinski definition) is 4. The summed E-state index contributed by atoms with van der Waals surface area (Å²) in [7, 11) is -3.54. The SMILES string of the molecule is O=S(=O)(NCC(O)c1ccccc1)N1CCOCC1. The summed E-state index contributed by atoms with van der Waals surface area (Å²) in [5, 5.41) is 9.91. The van der Waals surface area contributed by atoms with Gasteiger partial charge in [-0.15, -0.1) is 0 Å².